The second-order valence-corrected chi connectivity index (χ2v) is 8.03. The summed E-state index contributed by atoms with van der Waals surface area (Å²) in [4.78, 5) is -1.35. The Morgan fingerprint density at radius 2 is 1.59 bits per heavy atom. The van der Waals surface area contributed by atoms with Gasteiger partial charge in [0.05, 0.1) is 11.4 Å². The zero-order valence-corrected chi connectivity index (χ0v) is 18.8. The van der Waals surface area contributed by atoms with E-state index in [9.17, 15) is 10.2 Å². The van der Waals surface area contributed by atoms with Gasteiger partial charge in [0.25, 0.3) is 0 Å². The number of hydrogen-bond acceptors (Lipinski definition) is 6. The molecule has 2 aromatic rings. The molecule has 0 aliphatic rings. The third-order valence-corrected chi connectivity index (χ3v) is 4.66. The molecule has 7 nitrogen and oxygen atoms in total. The van der Waals surface area contributed by atoms with Gasteiger partial charge in [-0.3, -0.25) is 5.43 Å². The SMILES string of the molecule is C/C(=N\NC(N)=S)c1ccc(N=Nc2ccc(O)cc2O)cc1.ClC(Cl)C(Cl)Cl. The first-order valence-electron chi connectivity index (χ1n) is 7.80. The molecule has 0 aliphatic carbocycles. The maximum absolute atomic E-state index is 9.63. The highest BCUT2D eigenvalue weighted by molar-refractivity contribution is 7.80. The van der Waals surface area contributed by atoms with Crippen LogP contribution in [0, 0.1) is 0 Å². The van der Waals surface area contributed by atoms with Gasteiger partial charge in [-0.2, -0.15) is 10.2 Å². The number of rotatable bonds is 5. The van der Waals surface area contributed by atoms with Crippen LogP contribution < -0.4 is 11.2 Å². The van der Waals surface area contributed by atoms with Crippen molar-refractivity contribution in [2.75, 3.05) is 0 Å². The minimum atomic E-state index is -0.673. The van der Waals surface area contributed by atoms with Crippen molar-refractivity contribution in [3.05, 3.63) is 48.0 Å². The zero-order valence-electron chi connectivity index (χ0n) is 14.9. The molecule has 2 aromatic carbocycles. The Kier molecular flexibility index (Phi) is 11.0. The van der Waals surface area contributed by atoms with Crippen molar-refractivity contribution in [1.82, 2.24) is 5.43 Å². The van der Waals surface area contributed by atoms with Gasteiger partial charge in [-0.25, -0.2) is 0 Å². The van der Waals surface area contributed by atoms with E-state index in [1.165, 1.54) is 18.2 Å². The molecule has 0 saturated heterocycles. The summed E-state index contributed by atoms with van der Waals surface area (Å²) in [6, 6.07) is 11.3. The Bertz CT molecular complexity index is 871. The quantitative estimate of drug-likeness (QED) is 0.140. The first kappa shape index (κ1) is 25.2. The summed E-state index contributed by atoms with van der Waals surface area (Å²) < 4.78 is 0. The predicted octanol–water partition coefficient (Wildman–Crippen LogP) is 5.66. The molecule has 156 valence electrons. The van der Waals surface area contributed by atoms with Crippen molar-refractivity contribution >= 4 is 80.8 Å². The van der Waals surface area contributed by atoms with Gasteiger partial charge < -0.3 is 15.9 Å². The molecule has 0 amide bonds. The lowest BCUT2D eigenvalue weighted by molar-refractivity contribution is 0.451. The number of phenolic OH excluding ortho intramolecular Hbond substituents is 2. The highest BCUT2D eigenvalue weighted by Gasteiger charge is 2.07. The Labute approximate surface area is 193 Å². The summed E-state index contributed by atoms with van der Waals surface area (Å²) in [5, 5.41) is 30.9. The normalized spacial score (nSPS) is 11.5. The number of azo groups is 1. The van der Waals surface area contributed by atoms with Gasteiger partial charge in [0.1, 0.15) is 26.9 Å². The van der Waals surface area contributed by atoms with Gasteiger partial charge in [0.15, 0.2) is 5.11 Å². The standard InChI is InChI=1S/C15H15N5O2S.C2H2Cl4/c1-9(17-20-15(16)23)10-2-4-11(5-3-10)18-19-13-7-6-12(21)8-14(13)22;3-1(4)2(5)6/h2-8,21-22H,1H3,(H3,16,20,23);1-2H/b17-9+,19-18?;. The van der Waals surface area contributed by atoms with E-state index in [-0.39, 0.29) is 22.3 Å². The zero-order chi connectivity index (χ0) is 22.0. The summed E-state index contributed by atoms with van der Waals surface area (Å²) in [6.45, 7) is 1.82. The lowest BCUT2D eigenvalue weighted by Crippen LogP contribution is -2.25. The van der Waals surface area contributed by atoms with Crippen molar-refractivity contribution in [2.24, 2.45) is 21.1 Å². The third kappa shape index (κ3) is 9.96. The van der Waals surface area contributed by atoms with E-state index in [0.29, 0.717) is 5.69 Å². The molecule has 0 saturated carbocycles. The molecule has 29 heavy (non-hydrogen) atoms. The average molecular weight is 497 g/mol. The molecule has 12 heteroatoms. The van der Waals surface area contributed by atoms with Gasteiger partial charge in [-0.05, 0) is 49.0 Å². The van der Waals surface area contributed by atoms with Crippen LogP contribution in [0.4, 0.5) is 11.4 Å². The van der Waals surface area contributed by atoms with E-state index in [0.717, 1.165) is 11.3 Å². The van der Waals surface area contributed by atoms with Crippen LogP contribution >= 0.6 is 58.6 Å². The van der Waals surface area contributed by atoms with Crippen LogP contribution in [0.15, 0.2) is 57.8 Å². The Hall–Kier alpha value is -1.84. The van der Waals surface area contributed by atoms with Crippen LogP contribution in [0.2, 0.25) is 0 Å². The fourth-order valence-corrected chi connectivity index (χ4v) is 1.73. The number of halogens is 4. The maximum atomic E-state index is 9.63. The highest BCUT2D eigenvalue weighted by Crippen LogP contribution is 2.31. The van der Waals surface area contributed by atoms with Crippen molar-refractivity contribution < 1.29 is 10.2 Å². The van der Waals surface area contributed by atoms with E-state index < -0.39 is 9.67 Å². The summed E-state index contributed by atoms with van der Waals surface area (Å²) in [6.07, 6.45) is 0. The first-order valence-corrected chi connectivity index (χ1v) is 9.95. The van der Waals surface area contributed by atoms with Gasteiger partial charge in [0.2, 0.25) is 0 Å². The molecule has 0 fully saturated rings. The van der Waals surface area contributed by atoms with Crippen LogP contribution in [0.1, 0.15) is 12.5 Å². The van der Waals surface area contributed by atoms with E-state index in [1.807, 2.05) is 19.1 Å². The maximum Gasteiger partial charge on any atom is 0.184 e. The van der Waals surface area contributed by atoms with Crippen LogP contribution in [0.3, 0.4) is 0 Å². The number of nitrogens with zero attached hydrogens (tertiary/aromatic N) is 3. The highest BCUT2D eigenvalue weighted by atomic mass is 35.5. The summed E-state index contributed by atoms with van der Waals surface area (Å²) in [5.41, 5.74) is 10.3. The Balaban J connectivity index is 0.000000612. The van der Waals surface area contributed by atoms with E-state index in [2.05, 4.69) is 33.0 Å². The fraction of sp³-hybridized carbons (Fsp3) is 0.176. The molecule has 0 atom stereocenters. The molecule has 0 bridgehead atoms. The Morgan fingerprint density at radius 1 is 1.00 bits per heavy atom. The Morgan fingerprint density at radius 3 is 2.07 bits per heavy atom. The second-order valence-electron chi connectivity index (χ2n) is 5.26. The van der Waals surface area contributed by atoms with Crippen molar-refractivity contribution in [1.29, 1.82) is 0 Å². The molecule has 0 aliphatic heterocycles. The number of alkyl halides is 4. The van der Waals surface area contributed by atoms with Gasteiger partial charge >= 0.3 is 0 Å². The molecule has 0 radical (unpaired) electrons. The number of thiocarbonyl (C=S) groups is 1. The lowest BCUT2D eigenvalue weighted by Gasteiger charge is -2.02. The molecule has 5 N–H and O–H groups in total. The number of hydrazone groups is 1. The van der Waals surface area contributed by atoms with Crippen molar-refractivity contribution in [2.45, 2.75) is 16.6 Å². The monoisotopic (exact) mass is 495 g/mol. The lowest BCUT2D eigenvalue weighted by atomic mass is 10.1. The number of hydrogen-bond donors (Lipinski definition) is 4. The molecule has 0 unspecified atom stereocenters. The molecular weight excluding hydrogens is 480 g/mol. The van der Waals surface area contributed by atoms with E-state index >= 15 is 0 Å². The van der Waals surface area contributed by atoms with Crippen LogP contribution in [-0.2, 0) is 0 Å². The van der Waals surface area contributed by atoms with Crippen LogP contribution in [0.5, 0.6) is 11.5 Å². The number of benzene rings is 2. The number of nitrogens with one attached hydrogen (secondary N) is 1. The smallest absolute Gasteiger partial charge is 0.184 e. The number of nitrogens with two attached hydrogens (primary N) is 1. The van der Waals surface area contributed by atoms with Gasteiger partial charge in [-0.1, -0.05) is 12.1 Å². The molecular formula is C17H17Cl4N5O2S. The predicted molar refractivity (Wildman–Crippen MR) is 124 cm³/mol. The summed E-state index contributed by atoms with van der Waals surface area (Å²) >= 11 is 25.1. The first-order chi connectivity index (χ1) is 13.6. The molecule has 0 spiro atoms. The van der Waals surface area contributed by atoms with E-state index in [1.54, 1.807) is 12.1 Å². The largest absolute Gasteiger partial charge is 0.508 e. The van der Waals surface area contributed by atoms with E-state index in [4.69, 9.17) is 52.1 Å². The number of phenols is 2. The molecule has 2 rings (SSSR count). The van der Waals surface area contributed by atoms with Gasteiger partial charge in [0, 0.05) is 6.07 Å². The number of aromatic hydroxyl groups is 2. The topological polar surface area (TPSA) is 116 Å². The van der Waals surface area contributed by atoms with Gasteiger partial charge in [-0.15, -0.1) is 51.5 Å². The molecule has 0 heterocycles. The minimum Gasteiger partial charge on any atom is -0.508 e. The molecule has 0 aromatic heterocycles. The summed E-state index contributed by atoms with van der Waals surface area (Å²) in [7, 11) is 0. The van der Waals surface area contributed by atoms with Crippen LogP contribution in [0.25, 0.3) is 0 Å². The minimum absolute atomic E-state index is 0.0360. The third-order valence-electron chi connectivity index (χ3n) is 3.04. The fourth-order valence-electron chi connectivity index (χ4n) is 1.68. The van der Waals surface area contributed by atoms with Crippen molar-refractivity contribution in [3.8, 4) is 11.5 Å². The second kappa shape index (κ2) is 12.7. The van der Waals surface area contributed by atoms with Crippen molar-refractivity contribution in [3.63, 3.8) is 0 Å². The average Bonchev–Trinajstić information content (AvgIpc) is 2.66. The summed E-state index contributed by atoms with van der Waals surface area (Å²) in [5.74, 6) is -0.177. The van der Waals surface area contributed by atoms with Crippen LogP contribution in [-0.4, -0.2) is 30.7 Å².